The van der Waals surface area contributed by atoms with E-state index in [0.29, 0.717) is 16.0 Å². The van der Waals surface area contributed by atoms with Crippen LogP contribution in [0, 0.1) is 0 Å². The van der Waals surface area contributed by atoms with Crippen LogP contribution in [-0.4, -0.2) is 20.2 Å². The van der Waals surface area contributed by atoms with Gasteiger partial charge in [0.05, 0.1) is 0 Å². The van der Waals surface area contributed by atoms with Gasteiger partial charge in [-0.2, -0.15) is 0 Å². The largest absolute Gasteiger partial charge is 0.454 e. The predicted molar refractivity (Wildman–Crippen MR) is 78.5 cm³/mol. The number of para-hydroxylation sites is 1. The highest BCUT2D eigenvalue weighted by Gasteiger charge is 2.20. The standard InChI is InChI=1S/C13H11BrN2O4S/c14-10-4-11(7-15-6-10)21(17,18)16-5-9-2-1-3-12-13(9)20-8-19-12/h1-4,6-7,16H,5,8H2. The third-order valence-corrected chi connectivity index (χ3v) is 4.72. The molecule has 0 atom stereocenters. The summed E-state index contributed by atoms with van der Waals surface area (Å²) >= 11 is 3.20. The van der Waals surface area contributed by atoms with Crippen molar-refractivity contribution in [2.24, 2.45) is 0 Å². The average molecular weight is 371 g/mol. The van der Waals surface area contributed by atoms with Gasteiger partial charge in [-0.15, -0.1) is 0 Å². The molecular formula is C13H11BrN2O4S. The first-order valence-electron chi connectivity index (χ1n) is 6.04. The Bertz CT molecular complexity index is 779. The van der Waals surface area contributed by atoms with E-state index in [-0.39, 0.29) is 18.2 Å². The molecule has 1 aliphatic heterocycles. The number of halogens is 1. The van der Waals surface area contributed by atoms with Gasteiger partial charge < -0.3 is 9.47 Å². The Morgan fingerprint density at radius 2 is 2.14 bits per heavy atom. The predicted octanol–water partition coefficient (Wildman–Crippen LogP) is 2.05. The van der Waals surface area contributed by atoms with Crippen LogP contribution >= 0.6 is 15.9 Å². The zero-order chi connectivity index (χ0) is 14.9. The summed E-state index contributed by atoms with van der Waals surface area (Å²) in [6.07, 6.45) is 2.82. The van der Waals surface area contributed by atoms with E-state index in [1.807, 2.05) is 0 Å². The van der Waals surface area contributed by atoms with Crippen LogP contribution < -0.4 is 14.2 Å². The number of rotatable bonds is 4. The van der Waals surface area contributed by atoms with E-state index in [0.717, 1.165) is 5.56 Å². The summed E-state index contributed by atoms with van der Waals surface area (Å²) in [6.45, 7) is 0.260. The number of pyridine rings is 1. The second kappa shape index (κ2) is 5.63. The van der Waals surface area contributed by atoms with Crippen molar-refractivity contribution < 1.29 is 17.9 Å². The van der Waals surface area contributed by atoms with Crippen molar-refractivity contribution in [3.05, 3.63) is 46.7 Å². The van der Waals surface area contributed by atoms with Gasteiger partial charge in [0.1, 0.15) is 4.90 Å². The SMILES string of the molecule is O=S(=O)(NCc1cccc2c1OCO2)c1cncc(Br)c1. The van der Waals surface area contributed by atoms with Crippen molar-refractivity contribution in [3.8, 4) is 11.5 Å². The molecule has 0 aliphatic carbocycles. The molecule has 110 valence electrons. The van der Waals surface area contributed by atoms with Gasteiger partial charge in [0, 0.05) is 29.0 Å². The van der Waals surface area contributed by atoms with Crippen molar-refractivity contribution >= 4 is 26.0 Å². The summed E-state index contributed by atoms with van der Waals surface area (Å²) in [5.41, 5.74) is 0.719. The molecule has 1 N–H and O–H groups in total. The highest BCUT2D eigenvalue weighted by Crippen LogP contribution is 2.35. The van der Waals surface area contributed by atoms with E-state index >= 15 is 0 Å². The molecule has 0 saturated heterocycles. The summed E-state index contributed by atoms with van der Waals surface area (Å²) in [7, 11) is -3.64. The number of hydrogen-bond donors (Lipinski definition) is 1. The van der Waals surface area contributed by atoms with Crippen LogP contribution in [0.5, 0.6) is 11.5 Å². The monoisotopic (exact) mass is 370 g/mol. The van der Waals surface area contributed by atoms with Crippen molar-refractivity contribution in [1.29, 1.82) is 0 Å². The average Bonchev–Trinajstić information content (AvgIpc) is 2.94. The molecule has 0 unspecified atom stereocenters. The highest BCUT2D eigenvalue weighted by atomic mass is 79.9. The first-order chi connectivity index (χ1) is 10.1. The van der Waals surface area contributed by atoms with Gasteiger partial charge in [-0.3, -0.25) is 4.98 Å². The first kappa shape index (κ1) is 14.3. The van der Waals surface area contributed by atoms with Crippen molar-refractivity contribution in [3.63, 3.8) is 0 Å². The Labute approximate surface area is 130 Å². The normalized spacial score (nSPS) is 13.4. The lowest BCUT2D eigenvalue weighted by atomic mass is 10.2. The van der Waals surface area contributed by atoms with Crippen LogP contribution in [0.2, 0.25) is 0 Å². The molecular weight excluding hydrogens is 360 g/mol. The van der Waals surface area contributed by atoms with Gasteiger partial charge in [0.2, 0.25) is 16.8 Å². The zero-order valence-electron chi connectivity index (χ0n) is 10.7. The van der Waals surface area contributed by atoms with Gasteiger partial charge >= 0.3 is 0 Å². The van der Waals surface area contributed by atoms with Gasteiger partial charge in [-0.05, 0) is 28.1 Å². The number of benzene rings is 1. The topological polar surface area (TPSA) is 77.5 Å². The third-order valence-electron chi connectivity index (χ3n) is 2.92. The lowest BCUT2D eigenvalue weighted by Crippen LogP contribution is -2.23. The summed E-state index contributed by atoms with van der Waals surface area (Å²) in [4.78, 5) is 3.95. The van der Waals surface area contributed by atoms with Gasteiger partial charge in [-0.1, -0.05) is 12.1 Å². The maximum atomic E-state index is 12.2. The van der Waals surface area contributed by atoms with Crippen LogP contribution in [0.25, 0.3) is 0 Å². The number of nitrogens with one attached hydrogen (secondary N) is 1. The number of fused-ring (bicyclic) bond motifs is 1. The Morgan fingerprint density at radius 3 is 2.95 bits per heavy atom. The fourth-order valence-corrected chi connectivity index (χ4v) is 3.44. The van der Waals surface area contributed by atoms with Crippen molar-refractivity contribution in [1.82, 2.24) is 9.71 Å². The molecule has 0 saturated carbocycles. The lowest BCUT2D eigenvalue weighted by Gasteiger charge is -2.08. The van der Waals surface area contributed by atoms with Crippen LogP contribution in [0.15, 0.2) is 46.0 Å². The molecule has 0 amide bonds. The Hall–Kier alpha value is -1.64. The highest BCUT2D eigenvalue weighted by molar-refractivity contribution is 9.10. The van der Waals surface area contributed by atoms with E-state index in [1.54, 1.807) is 18.2 Å². The van der Waals surface area contributed by atoms with Crippen molar-refractivity contribution in [2.75, 3.05) is 6.79 Å². The number of sulfonamides is 1. The summed E-state index contributed by atoms with van der Waals surface area (Å²) in [5.74, 6) is 1.20. The Kier molecular flexibility index (Phi) is 3.83. The molecule has 0 spiro atoms. The summed E-state index contributed by atoms with van der Waals surface area (Å²) in [6, 6.07) is 6.84. The van der Waals surface area contributed by atoms with Crippen LogP contribution in [0.3, 0.4) is 0 Å². The minimum Gasteiger partial charge on any atom is -0.454 e. The molecule has 21 heavy (non-hydrogen) atoms. The van der Waals surface area contributed by atoms with Gasteiger partial charge in [-0.25, -0.2) is 13.1 Å². The smallest absolute Gasteiger partial charge is 0.242 e. The lowest BCUT2D eigenvalue weighted by molar-refractivity contribution is 0.173. The first-order valence-corrected chi connectivity index (χ1v) is 8.31. The van der Waals surface area contributed by atoms with E-state index in [2.05, 4.69) is 25.6 Å². The molecule has 6 nitrogen and oxygen atoms in total. The van der Waals surface area contributed by atoms with Gasteiger partial charge in [0.15, 0.2) is 11.5 Å². The van der Waals surface area contributed by atoms with Crippen LogP contribution in [-0.2, 0) is 16.6 Å². The Balaban J connectivity index is 1.80. The molecule has 1 aromatic heterocycles. The molecule has 1 aliphatic rings. The zero-order valence-corrected chi connectivity index (χ0v) is 13.1. The van der Waals surface area contributed by atoms with Crippen molar-refractivity contribution in [2.45, 2.75) is 11.4 Å². The summed E-state index contributed by atoms with van der Waals surface area (Å²) in [5, 5.41) is 0. The minimum atomic E-state index is -3.64. The Morgan fingerprint density at radius 1 is 1.29 bits per heavy atom. The molecule has 0 fully saturated rings. The number of nitrogens with zero attached hydrogens (tertiary/aromatic N) is 1. The van der Waals surface area contributed by atoms with E-state index in [9.17, 15) is 8.42 Å². The summed E-state index contributed by atoms with van der Waals surface area (Å²) < 4.78 is 38.2. The number of aromatic nitrogens is 1. The molecule has 0 radical (unpaired) electrons. The fraction of sp³-hybridized carbons (Fsp3) is 0.154. The maximum absolute atomic E-state index is 12.2. The minimum absolute atomic E-state index is 0.0987. The van der Waals surface area contributed by atoms with Crippen LogP contribution in [0.4, 0.5) is 0 Å². The van der Waals surface area contributed by atoms with E-state index in [1.165, 1.54) is 18.5 Å². The van der Waals surface area contributed by atoms with E-state index < -0.39 is 10.0 Å². The fourth-order valence-electron chi connectivity index (χ4n) is 1.93. The third kappa shape index (κ3) is 3.02. The molecule has 2 heterocycles. The molecule has 0 bridgehead atoms. The molecule has 2 aromatic rings. The molecule has 1 aromatic carbocycles. The van der Waals surface area contributed by atoms with E-state index in [4.69, 9.17) is 9.47 Å². The second-order valence-corrected chi connectivity index (χ2v) is 7.00. The van der Waals surface area contributed by atoms with Crippen LogP contribution in [0.1, 0.15) is 5.56 Å². The number of ether oxygens (including phenoxy) is 2. The quantitative estimate of drug-likeness (QED) is 0.890. The maximum Gasteiger partial charge on any atom is 0.242 e. The van der Waals surface area contributed by atoms with Gasteiger partial charge in [0.25, 0.3) is 0 Å². The molecule has 8 heteroatoms. The number of hydrogen-bond acceptors (Lipinski definition) is 5. The second-order valence-electron chi connectivity index (χ2n) is 4.31. The molecule has 3 rings (SSSR count).